The Kier molecular flexibility index (Phi) is 5.09. The van der Waals surface area contributed by atoms with Crippen LogP contribution in [0.15, 0.2) is 21.1 Å². The molecule has 0 heterocycles. The molecule has 0 aliphatic rings. The summed E-state index contributed by atoms with van der Waals surface area (Å²) in [6.07, 6.45) is 0.284. The zero-order valence-corrected chi connectivity index (χ0v) is 11.9. The summed E-state index contributed by atoms with van der Waals surface area (Å²) < 4.78 is 7.33. The molecule has 0 fully saturated rings. The number of aryl methyl sites for hydroxylation is 1. The van der Waals surface area contributed by atoms with Crippen molar-refractivity contribution in [2.75, 3.05) is 6.61 Å². The molecular weight excluding hydrogens is 324 g/mol. The first kappa shape index (κ1) is 13.0. The first-order valence-electron chi connectivity index (χ1n) is 4.81. The van der Waals surface area contributed by atoms with Crippen LogP contribution in [0.3, 0.4) is 0 Å². The van der Waals surface area contributed by atoms with Gasteiger partial charge in [-0.15, -0.1) is 0 Å². The lowest BCUT2D eigenvalue weighted by molar-refractivity contribution is 0.103. The van der Waals surface area contributed by atoms with Crippen molar-refractivity contribution >= 4 is 31.9 Å². The van der Waals surface area contributed by atoms with Crippen molar-refractivity contribution in [2.45, 2.75) is 26.4 Å². The molecule has 4 heteroatoms. The highest BCUT2D eigenvalue weighted by Gasteiger charge is 2.09. The number of aliphatic hydroxyl groups is 1. The van der Waals surface area contributed by atoms with Gasteiger partial charge in [-0.3, -0.25) is 0 Å². The average molecular weight is 338 g/mol. The lowest BCUT2D eigenvalue weighted by Crippen LogP contribution is -2.16. The smallest absolute Gasteiger partial charge is 0.147 e. The van der Waals surface area contributed by atoms with E-state index in [1.807, 2.05) is 26.0 Å². The first-order chi connectivity index (χ1) is 7.04. The quantitative estimate of drug-likeness (QED) is 0.908. The lowest BCUT2D eigenvalue weighted by Gasteiger charge is -2.13. The maximum absolute atomic E-state index is 9.40. The predicted octanol–water partition coefficient (Wildman–Crippen LogP) is 3.67. The van der Waals surface area contributed by atoms with Crippen LogP contribution in [-0.4, -0.2) is 17.8 Å². The monoisotopic (exact) mass is 336 g/mol. The van der Waals surface area contributed by atoms with Gasteiger partial charge in [0.05, 0.1) is 15.0 Å². The summed E-state index contributed by atoms with van der Waals surface area (Å²) in [5.41, 5.74) is 1.15. The van der Waals surface area contributed by atoms with Crippen molar-refractivity contribution in [3.63, 3.8) is 0 Å². The van der Waals surface area contributed by atoms with E-state index in [1.165, 1.54) is 0 Å². The molecule has 1 N–H and O–H groups in total. The van der Waals surface area contributed by atoms with Crippen LogP contribution in [-0.2, 0) is 0 Å². The Morgan fingerprint density at radius 3 is 2.33 bits per heavy atom. The topological polar surface area (TPSA) is 29.5 Å². The highest BCUT2D eigenvalue weighted by atomic mass is 79.9. The van der Waals surface area contributed by atoms with Crippen LogP contribution in [0, 0.1) is 6.92 Å². The number of halogens is 2. The van der Waals surface area contributed by atoms with E-state index in [0.717, 1.165) is 20.3 Å². The Balaban J connectivity index is 2.77. The molecule has 0 saturated heterocycles. The number of benzene rings is 1. The zero-order valence-electron chi connectivity index (χ0n) is 8.76. The summed E-state index contributed by atoms with van der Waals surface area (Å²) in [6, 6.07) is 3.97. The van der Waals surface area contributed by atoms with E-state index >= 15 is 0 Å². The van der Waals surface area contributed by atoms with E-state index in [-0.39, 0.29) is 0 Å². The molecular formula is C11H14Br2O2. The molecule has 1 rings (SSSR count). The van der Waals surface area contributed by atoms with Gasteiger partial charge in [0.15, 0.2) is 0 Å². The molecule has 0 aromatic heterocycles. The maximum Gasteiger partial charge on any atom is 0.147 e. The van der Waals surface area contributed by atoms with E-state index in [9.17, 15) is 5.11 Å². The highest BCUT2D eigenvalue weighted by molar-refractivity contribution is 9.11. The van der Waals surface area contributed by atoms with E-state index < -0.39 is 6.10 Å². The van der Waals surface area contributed by atoms with Crippen LogP contribution in [0.2, 0.25) is 0 Å². The van der Waals surface area contributed by atoms with Gasteiger partial charge in [0, 0.05) is 0 Å². The molecule has 0 saturated carbocycles. The van der Waals surface area contributed by atoms with Crippen molar-refractivity contribution in [2.24, 2.45) is 0 Å². The fourth-order valence-electron chi connectivity index (χ4n) is 1.12. The van der Waals surface area contributed by atoms with Gasteiger partial charge in [0.1, 0.15) is 12.4 Å². The second-order valence-corrected chi connectivity index (χ2v) is 5.14. The molecule has 1 aromatic rings. The molecule has 84 valence electrons. The van der Waals surface area contributed by atoms with Crippen molar-refractivity contribution in [3.8, 4) is 5.75 Å². The molecule has 0 aliphatic heterocycles. The van der Waals surface area contributed by atoms with Crippen molar-refractivity contribution in [3.05, 3.63) is 26.6 Å². The van der Waals surface area contributed by atoms with Crippen LogP contribution >= 0.6 is 31.9 Å². The minimum atomic E-state index is -0.412. The van der Waals surface area contributed by atoms with Crippen molar-refractivity contribution in [1.82, 2.24) is 0 Å². The lowest BCUT2D eigenvalue weighted by atomic mass is 10.2. The van der Waals surface area contributed by atoms with Crippen LogP contribution in [0.1, 0.15) is 18.9 Å². The van der Waals surface area contributed by atoms with E-state index in [4.69, 9.17) is 4.74 Å². The molecule has 0 aliphatic carbocycles. The molecule has 1 unspecified atom stereocenters. The second-order valence-electron chi connectivity index (χ2n) is 3.43. The van der Waals surface area contributed by atoms with Gasteiger partial charge in [-0.1, -0.05) is 6.92 Å². The standard InChI is InChI=1S/C11H14Br2O2/c1-3-8(14)6-15-11-9(12)4-7(2)5-10(11)13/h4-5,8,14H,3,6H2,1-2H3. The third kappa shape index (κ3) is 3.78. The Bertz CT molecular complexity index is 316. The van der Waals surface area contributed by atoms with Crippen LogP contribution in [0.4, 0.5) is 0 Å². The number of aliphatic hydroxyl groups excluding tert-OH is 1. The first-order valence-corrected chi connectivity index (χ1v) is 6.39. The Labute approximate surface area is 107 Å². The minimum absolute atomic E-state index is 0.316. The van der Waals surface area contributed by atoms with Gasteiger partial charge >= 0.3 is 0 Å². The summed E-state index contributed by atoms with van der Waals surface area (Å²) in [5, 5.41) is 9.40. The van der Waals surface area contributed by atoms with Crippen LogP contribution < -0.4 is 4.74 Å². The van der Waals surface area contributed by atoms with Gasteiger partial charge in [-0.2, -0.15) is 0 Å². The SMILES string of the molecule is CCC(O)COc1c(Br)cc(C)cc1Br. The molecule has 1 aromatic carbocycles. The molecule has 15 heavy (non-hydrogen) atoms. The van der Waals surface area contributed by atoms with Gasteiger partial charge in [-0.25, -0.2) is 0 Å². The average Bonchev–Trinajstić information content (AvgIpc) is 2.15. The number of hydrogen-bond donors (Lipinski definition) is 1. The number of hydrogen-bond acceptors (Lipinski definition) is 2. The third-order valence-corrected chi connectivity index (χ3v) is 3.21. The zero-order chi connectivity index (χ0) is 11.4. The van der Waals surface area contributed by atoms with Crippen LogP contribution in [0.25, 0.3) is 0 Å². The fourth-order valence-corrected chi connectivity index (χ4v) is 2.77. The largest absolute Gasteiger partial charge is 0.489 e. The minimum Gasteiger partial charge on any atom is -0.489 e. The van der Waals surface area contributed by atoms with E-state index in [1.54, 1.807) is 0 Å². The summed E-state index contributed by atoms with van der Waals surface area (Å²) in [6.45, 7) is 4.25. The maximum atomic E-state index is 9.40. The van der Waals surface area contributed by atoms with Gasteiger partial charge in [-0.05, 0) is 62.9 Å². The molecule has 0 radical (unpaired) electrons. The number of ether oxygens (including phenoxy) is 1. The Morgan fingerprint density at radius 1 is 1.33 bits per heavy atom. The summed E-state index contributed by atoms with van der Waals surface area (Å²) in [5.74, 6) is 0.744. The predicted molar refractivity (Wildman–Crippen MR) is 68.4 cm³/mol. The summed E-state index contributed by atoms with van der Waals surface area (Å²) in [4.78, 5) is 0. The Hall–Kier alpha value is -0.0600. The van der Waals surface area contributed by atoms with E-state index in [0.29, 0.717) is 13.0 Å². The molecule has 0 bridgehead atoms. The second kappa shape index (κ2) is 5.87. The van der Waals surface area contributed by atoms with Crippen molar-refractivity contribution < 1.29 is 9.84 Å². The van der Waals surface area contributed by atoms with Crippen LogP contribution in [0.5, 0.6) is 5.75 Å². The number of rotatable bonds is 4. The Morgan fingerprint density at radius 2 is 1.87 bits per heavy atom. The van der Waals surface area contributed by atoms with Gasteiger partial charge in [0.25, 0.3) is 0 Å². The highest BCUT2D eigenvalue weighted by Crippen LogP contribution is 2.34. The third-order valence-electron chi connectivity index (χ3n) is 2.03. The normalized spacial score (nSPS) is 12.6. The van der Waals surface area contributed by atoms with Gasteiger partial charge < -0.3 is 9.84 Å². The molecule has 2 nitrogen and oxygen atoms in total. The molecule has 0 spiro atoms. The fraction of sp³-hybridized carbons (Fsp3) is 0.455. The molecule has 0 amide bonds. The van der Waals surface area contributed by atoms with E-state index in [2.05, 4.69) is 31.9 Å². The van der Waals surface area contributed by atoms with Gasteiger partial charge in [0.2, 0.25) is 0 Å². The van der Waals surface area contributed by atoms with Crippen molar-refractivity contribution in [1.29, 1.82) is 0 Å². The summed E-state index contributed by atoms with van der Waals surface area (Å²) in [7, 11) is 0. The molecule has 1 atom stereocenters. The summed E-state index contributed by atoms with van der Waals surface area (Å²) >= 11 is 6.87.